The molecule has 110 valence electrons. The molecule has 1 atom stereocenters. The molecule has 0 fully saturated rings. The molecule has 0 radical (unpaired) electrons. The average molecular weight is 285 g/mol. The van der Waals surface area contributed by atoms with Crippen molar-refractivity contribution in [3.8, 4) is 5.75 Å². The Kier molecular flexibility index (Phi) is 3.01. The van der Waals surface area contributed by atoms with E-state index in [-0.39, 0.29) is 23.1 Å². The van der Waals surface area contributed by atoms with Crippen LogP contribution in [0.1, 0.15) is 44.2 Å². The molecule has 0 saturated carbocycles. The summed E-state index contributed by atoms with van der Waals surface area (Å²) in [5, 5.41) is 16.8. The van der Waals surface area contributed by atoms with Crippen LogP contribution in [0.4, 0.5) is 5.82 Å². The maximum Gasteiger partial charge on any atom is 0.226 e. The molecule has 1 aliphatic rings. The maximum absolute atomic E-state index is 12.1. The summed E-state index contributed by atoms with van der Waals surface area (Å²) in [6.45, 7) is 6.16. The minimum absolute atomic E-state index is 0.00780. The summed E-state index contributed by atoms with van der Waals surface area (Å²) in [5.74, 6) is 0.971. The van der Waals surface area contributed by atoms with Gasteiger partial charge in [0.15, 0.2) is 0 Å². The van der Waals surface area contributed by atoms with Crippen molar-refractivity contribution in [1.29, 1.82) is 0 Å². The van der Waals surface area contributed by atoms with Gasteiger partial charge in [-0.1, -0.05) is 12.1 Å². The quantitative estimate of drug-likeness (QED) is 0.846. The van der Waals surface area contributed by atoms with Gasteiger partial charge in [0, 0.05) is 17.9 Å². The van der Waals surface area contributed by atoms with Crippen LogP contribution in [0.5, 0.6) is 5.75 Å². The first-order valence-corrected chi connectivity index (χ1v) is 7.03. The van der Waals surface area contributed by atoms with Crippen molar-refractivity contribution in [3.05, 3.63) is 41.6 Å². The van der Waals surface area contributed by atoms with E-state index >= 15 is 0 Å². The molecule has 1 amide bonds. The van der Waals surface area contributed by atoms with Gasteiger partial charge in [0.05, 0.1) is 11.7 Å². The van der Waals surface area contributed by atoms with Crippen molar-refractivity contribution in [2.24, 2.45) is 0 Å². The third-order valence-corrected chi connectivity index (χ3v) is 3.75. The first kappa shape index (κ1) is 13.7. The number of phenolic OH excluding ortho intramolecular Hbond substituents is 1. The number of nitrogens with zero attached hydrogens (tertiary/aromatic N) is 2. The molecular weight excluding hydrogens is 266 g/mol. The number of amides is 1. The highest BCUT2D eigenvalue weighted by atomic mass is 16.3. The van der Waals surface area contributed by atoms with E-state index < -0.39 is 0 Å². The monoisotopic (exact) mass is 285 g/mol. The van der Waals surface area contributed by atoms with Gasteiger partial charge in [0.2, 0.25) is 5.91 Å². The van der Waals surface area contributed by atoms with Gasteiger partial charge in [-0.25, -0.2) is 4.68 Å². The Balaban J connectivity index is 2.09. The van der Waals surface area contributed by atoms with E-state index in [9.17, 15) is 9.90 Å². The molecule has 1 aromatic heterocycles. The lowest BCUT2D eigenvalue weighted by Crippen LogP contribution is -2.30. The zero-order valence-corrected chi connectivity index (χ0v) is 12.4. The molecule has 2 N–H and O–H groups in total. The van der Waals surface area contributed by atoms with Crippen molar-refractivity contribution >= 4 is 11.7 Å². The number of carbonyl (C=O) groups excluding carboxylic acids is 1. The SMILES string of the molecule is CC(C)(C)n1ncc2c1NC(=O)CC2c1ccc(O)cc1. The summed E-state index contributed by atoms with van der Waals surface area (Å²) in [6, 6.07) is 7.01. The van der Waals surface area contributed by atoms with Gasteiger partial charge in [-0.05, 0) is 38.5 Å². The number of carbonyl (C=O) groups is 1. The van der Waals surface area contributed by atoms with Crippen molar-refractivity contribution in [3.63, 3.8) is 0 Å². The number of anilines is 1. The van der Waals surface area contributed by atoms with Crippen LogP contribution in [0.15, 0.2) is 30.5 Å². The summed E-state index contributed by atoms with van der Waals surface area (Å²) in [5.41, 5.74) is 1.84. The molecule has 1 aliphatic heterocycles. The molecule has 5 nitrogen and oxygen atoms in total. The Morgan fingerprint density at radius 2 is 1.95 bits per heavy atom. The third kappa shape index (κ3) is 2.39. The Bertz CT molecular complexity index is 681. The number of nitrogens with one attached hydrogen (secondary N) is 1. The van der Waals surface area contributed by atoms with Crippen molar-refractivity contribution in [2.45, 2.75) is 38.6 Å². The number of fused-ring (bicyclic) bond motifs is 1. The van der Waals surface area contributed by atoms with Crippen LogP contribution < -0.4 is 5.32 Å². The first-order valence-electron chi connectivity index (χ1n) is 7.03. The van der Waals surface area contributed by atoms with E-state index in [1.54, 1.807) is 12.1 Å². The van der Waals surface area contributed by atoms with Gasteiger partial charge in [0.25, 0.3) is 0 Å². The van der Waals surface area contributed by atoms with Gasteiger partial charge >= 0.3 is 0 Å². The lowest BCUT2D eigenvalue weighted by atomic mass is 9.87. The van der Waals surface area contributed by atoms with E-state index in [0.29, 0.717) is 6.42 Å². The number of hydrogen-bond acceptors (Lipinski definition) is 3. The number of hydrogen-bond donors (Lipinski definition) is 2. The molecule has 0 saturated heterocycles. The number of rotatable bonds is 1. The normalized spacial score (nSPS) is 18.2. The number of aromatic nitrogens is 2. The van der Waals surface area contributed by atoms with Gasteiger partial charge in [0.1, 0.15) is 11.6 Å². The van der Waals surface area contributed by atoms with Crippen molar-refractivity contribution in [1.82, 2.24) is 9.78 Å². The molecule has 2 heterocycles. The Morgan fingerprint density at radius 1 is 1.29 bits per heavy atom. The fraction of sp³-hybridized carbons (Fsp3) is 0.375. The van der Waals surface area contributed by atoms with Gasteiger partial charge in [-0.3, -0.25) is 4.79 Å². The minimum Gasteiger partial charge on any atom is -0.508 e. The molecule has 2 aromatic rings. The molecule has 5 heteroatoms. The predicted octanol–water partition coefficient (Wildman–Crippen LogP) is 2.82. The predicted molar refractivity (Wildman–Crippen MR) is 80.4 cm³/mol. The average Bonchev–Trinajstić information content (AvgIpc) is 2.82. The van der Waals surface area contributed by atoms with Gasteiger partial charge in [-0.2, -0.15) is 5.10 Å². The van der Waals surface area contributed by atoms with Crippen LogP contribution in [0.3, 0.4) is 0 Å². The maximum atomic E-state index is 12.1. The second-order valence-electron chi connectivity index (χ2n) is 6.43. The molecule has 1 aromatic carbocycles. The van der Waals surface area contributed by atoms with Crippen molar-refractivity contribution in [2.75, 3.05) is 5.32 Å². The van der Waals surface area contributed by atoms with Crippen LogP contribution in [-0.4, -0.2) is 20.8 Å². The largest absolute Gasteiger partial charge is 0.508 e. The molecule has 0 bridgehead atoms. The summed E-state index contributed by atoms with van der Waals surface area (Å²) in [6.07, 6.45) is 2.23. The van der Waals surface area contributed by atoms with Crippen LogP contribution in [0.2, 0.25) is 0 Å². The summed E-state index contributed by atoms with van der Waals surface area (Å²) < 4.78 is 1.85. The van der Waals surface area contributed by atoms with E-state index in [4.69, 9.17) is 0 Å². The summed E-state index contributed by atoms with van der Waals surface area (Å²) >= 11 is 0. The summed E-state index contributed by atoms with van der Waals surface area (Å²) in [4.78, 5) is 12.1. The fourth-order valence-corrected chi connectivity index (χ4v) is 2.73. The fourth-order valence-electron chi connectivity index (χ4n) is 2.73. The zero-order chi connectivity index (χ0) is 15.2. The highest BCUT2D eigenvalue weighted by Crippen LogP contribution is 2.39. The topological polar surface area (TPSA) is 67.2 Å². The molecular formula is C16H19N3O2. The highest BCUT2D eigenvalue weighted by molar-refractivity contribution is 5.94. The van der Waals surface area contributed by atoms with E-state index in [0.717, 1.165) is 16.9 Å². The minimum atomic E-state index is -0.197. The second-order valence-corrected chi connectivity index (χ2v) is 6.43. The Hall–Kier alpha value is -2.30. The lowest BCUT2D eigenvalue weighted by molar-refractivity contribution is -0.116. The summed E-state index contributed by atoms with van der Waals surface area (Å²) in [7, 11) is 0. The van der Waals surface area contributed by atoms with E-state index in [1.807, 2.05) is 23.0 Å². The molecule has 1 unspecified atom stereocenters. The highest BCUT2D eigenvalue weighted by Gasteiger charge is 2.32. The lowest BCUT2D eigenvalue weighted by Gasteiger charge is -2.28. The number of aromatic hydroxyl groups is 1. The smallest absolute Gasteiger partial charge is 0.226 e. The van der Waals surface area contributed by atoms with Crippen LogP contribution >= 0.6 is 0 Å². The number of benzene rings is 1. The third-order valence-electron chi connectivity index (χ3n) is 3.75. The number of phenols is 1. The molecule has 3 rings (SSSR count). The van der Waals surface area contributed by atoms with Gasteiger partial charge < -0.3 is 10.4 Å². The molecule has 21 heavy (non-hydrogen) atoms. The van der Waals surface area contributed by atoms with Crippen LogP contribution in [0, 0.1) is 0 Å². The first-order chi connectivity index (χ1) is 9.86. The Morgan fingerprint density at radius 3 is 2.57 bits per heavy atom. The van der Waals surface area contributed by atoms with Crippen LogP contribution in [-0.2, 0) is 10.3 Å². The van der Waals surface area contributed by atoms with E-state index in [2.05, 4.69) is 31.2 Å². The second kappa shape index (κ2) is 4.62. The van der Waals surface area contributed by atoms with Crippen LogP contribution in [0.25, 0.3) is 0 Å². The zero-order valence-electron chi connectivity index (χ0n) is 12.4. The van der Waals surface area contributed by atoms with Gasteiger partial charge in [-0.15, -0.1) is 0 Å². The van der Waals surface area contributed by atoms with Crippen molar-refractivity contribution < 1.29 is 9.90 Å². The molecule has 0 aliphatic carbocycles. The standard InChI is InChI=1S/C16H19N3O2/c1-16(2,3)19-15-13(9-17-19)12(8-14(21)18-15)10-4-6-11(20)7-5-10/h4-7,9,12,20H,8H2,1-3H3,(H,18,21). The van der Waals surface area contributed by atoms with E-state index in [1.165, 1.54) is 0 Å². The molecule has 0 spiro atoms. The Labute approximate surface area is 123 Å².